The maximum Gasteiger partial charge on any atom is 0.407 e. The van der Waals surface area contributed by atoms with Crippen LogP contribution in [0.1, 0.15) is 107 Å². The fraction of sp³-hybridized carbons (Fsp3) is 0.488. The maximum absolute atomic E-state index is 13.7. The fourth-order valence-corrected chi connectivity index (χ4v) is 8.07. The summed E-state index contributed by atoms with van der Waals surface area (Å²) in [4.78, 5) is 70.8. The predicted octanol–water partition coefficient (Wildman–Crippen LogP) is 5.93. The van der Waals surface area contributed by atoms with Crippen LogP contribution >= 0.6 is 0 Å². The minimum atomic E-state index is -0.776. The van der Waals surface area contributed by atoms with Crippen molar-refractivity contribution in [1.29, 1.82) is 0 Å². The highest BCUT2D eigenvalue weighted by Crippen LogP contribution is 2.58. The minimum Gasteiger partial charge on any atom is -0.453 e. The molecule has 2 aromatic carbocycles. The van der Waals surface area contributed by atoms with Gasteiger partial charge in [0.05, 0.1) is 42.1 Å². The van der Waals surface area contributed by atoms with Crippen LogP contribution in [0, 0.1) is 29.1 Å². The zero-order valence-corrected chi connectivity index (χ0v) is 33.2. The SMILES string of the molecule is COC(=O)N[C@@H](CCCCNC(N)=O)C(=O)N1CCC[C@H]1c1ncc(-c2ccc(C#Cc3ccc4nc([C@@H]5CC6(CC6)CN5C(=O)[C@@H](C)C(C)C)[nH]c4c3)cc2)[nH]1. The van der Waals surface area contributed by atoms with E-state index in [1.54, 1.807) is 11.1 Å². The number of methoxy groups -OCH3 is 1. The van der Waals surface area contributed by atoms with Crippen molar-refractivity contribution in [3.05, 3.63) is 71.4 Å². The van der Waals surface area contributed by atoms with Gasteiger partial charge in [0.1, 0.15) is 17.7 Å². The molecule has 2 aliphatic heterocycles. The van der Waals surface area contributed by atoms with Crippen molar-refractivity contribution in [2.45, 2.75) is 90.3 Å². The number of aromatic amines is 2. The molecule has 1 aliphatic carbocycles. The molecule has 2 aromatic heterocycles. The lowest BCUT2D eigenvalue weighted by molar-refractivity contribution is -0.137. The first kappa shape index (κ1) is 39.4. The number of H-pyrrole nitrogens is 2. The number of carbonyl (C=O) groups excluding carboxylic acids is 4. The summed E-state index contributed by atoms with van der Waals surface area (Å²) in [5, 5.41) is 5.22. The van der Waals surface area contributed by atoms with Crippen molar-refractivity contribution in [3.8, 4) is 23.1 Å². The van der Waals surface area contributed by atoms with Crippen LogP contribution in [-0.4, -0.2) is 86.5 Å². The van der Waals surface area contributed by atoms with E-state index in [-0.39, 0.29) is 41.1 Å². The van der Waals surface area contributed by atoms with Gasteiger partial charge in [0, 0.05) is 36.7 Å². The molecule has 57 heavy (non-hydrogen) atoms. The summed E-state index contributed by atoms with van der Waals surface area (Å²) < 4.78 is 4.79. The summed E-state index contributed by atoms with van der Waals surface area (Å²) in [6.45, 7) is 8.00. The zero-order chi connectivity index (χ0) is 40.3. The molecule has 14 nitrogen and oxygen atoms in total. The number of primary amides is 1. The van der Waals surface area contributed by atoms with E-state index in [0.717, 1.165) is 65.0 Å². The molecular formula is C43H53N9O5. The van der Waals surface area contributed by atoms with Gasteiger partial charge < -0.3 is 40.9 Å². The summed E-state index contributed by atoms with van der Waals surface area (Å²) in [6, 6.07) is 12.3. The van der Waals surface area contributed by atoms with E-state index < -0.39 is 18.2 Å². The Hall–Kier alpha value is -5.84. The lowest BCUT2D eigenvalue weighted by atomic mass is 9.96. The van der Waals surface area contributed by atoms with Gasteiger partial charge in [0.25, 0.3) is 0 Å². The number of nitrogens with zero attached hydrogens (tertiary/aromatic N) is 4. The van der Waals surface area contributed by atoms with Crippen LogP contribution in [0.4, 0.5) is 9.59 Å². The highest BCUT2D eigenvalue weighted by Gasteiger charge is 2.54. The molecule has 4 heterocycles. The number of hydrogen-bond acceptors (Lipinski definition) is 7. The van der Waals surface area contributed by atoms with Crippen LogP contribution in [0.5, 0.6) is 0 Å². The number of unbranched alkanes of at least 4 members (excludes halogenated alkanes) is 1. The van der Waals surface area contributed by atoms with E-state index >= 15 is 0 Å². The largest absolute Gasteiger partial charge is 0.453 e. The molecule has 0 bridgehead atoms. The number of alkyl carbamates (subject to hydrolysis) is 1. The first-order valence-electron chi connectivity index (χ1n) is 20.1. The number of aromatic nitrogens is 4. The van der Waals surface area contributed by atoms with Crippen molar-refractivity contribution < 1.29 is 23.9 Å². The number of benzene rings is 2. The zero-order valence-electron chi connectivity index (χ0n) is 33.2. The lowest BCUT2D eigenvalue weighted by Gasteiger charge is -2.28. The number of rotatable bonds is 12. The van der Waals surface area contributed by atoms with Crippen molar-refractivity contribution in [3.63, 3.8) is 0 Å². The number of imidazole rings is 2. The fourth-order valence-electron chi connectivity index (χ4n) is 8.07. The van der Waals surface area contributed by atoms with Gasteiger partial charge in [-0.1, -0.05) is 44.7 Å². The average molecular weight is 776 g/mol. The maximum atomic E-state index is 13.7. The monoisotopic (exact) mass is 775 g/mol. The van der Waals surface area contributed by atoms with Crippen LogP contribution < -0.4 is 16.4 Å². The van der Waals surface area contributed by atoms with Gasteiger partial charge in [-0.3, -0.25) is 9.59 Å². The number of nitrogens with one attached hydrogen (secondary N) is 4. The summed E-state index contributed by atoms with van der Waals surface area (Å²) >= 11 is 0. The van der Waals surface area contributed by atoms with Crippen molar-refractivity contribution in [1.82, 2.24) is 40.4 Å². The quantitative estimate of drug-likeness (QED) is 0.0871. The molecule has 4 aromatic rings. The molecule has 14 heteroatoms. The van der Waals surface area contributed by atoms with E-state index in [0.29, 0.717) is 38.2 Å². The van der Waals surface area contributed by atoms with Gasteiger partial charge in [0.2, 0.25) is 11.8 Å². The van der Waals surface area contributed by atoms with Gasteiger partial charge in [0.15, 0.2) is 0 Å². The molecule has 2 saturated heterocycles. The Kier molecular flexibility index (Phi) is 11.6. The third-order valence-electron chi connectivity index (χ3n) is 11.9. The standard InChI is InChI=1S/C43H53N9O5/c1-26(2)27(3)39(53)52-25-43(18-19-43)23-36(52)38-47-31-17-14-29(22-33(31)48-38)11-10-28-12-15-30(16-13-28)34-24-46-37(49-34)35-9-7-21-51(35)40(54)32(50-42(56)57-4)8-5-6-20-45-41(44)55/h12-17,22,24,26-27,32,35-36H,5-9,18-21,23,25H2,1-4H3,(H,46,49)(H,47,48)(H,50,56)(H3,44,45,55)/t27-,32-,35-,36-/m0/s1. The number of carbonyl (C=O) groups is 4. The molecule has 300 valence electrons. The van der Waals surface area contributed by atoms with Crippen LogP contribution in [0.2, 0.25) is 0 Å². The molecule has 1 spiro atoms. The third-order valence-corrected chi connectivity index (χ3v) is 11.9. The number of fused-ring (bicyclic) bond motifs is 1. The molecule has 4 atom stereocenters. The summed E-state index contributed by atoms with van der Waals surface area (Å²) in [5.41, 5.74) is 10.7. The van der Waals surface area contributed by atoms with E-state index in [1.165, 1.54) is 20.0 Å². The highest BCUT2D eigenvalue weighted by molar-refractivity contribution is 5.86. The first-order chi connectivity index (χ1) is 27.4. The molecule has 0 unspecified atom stereocenters. The summed E-state index contributed by atoms with van der Waals surface area (Å²) in [6.07, 6.45) is 7.54. The summed E-state index contributed by atoms with van der Waals surface area (Å²) in [7, 11) is 1.26. The molecule has 5 amide bonds. The Morgan fingerprint density at radius 1 is 0.965 bits per heavy atom. The second-order valence-electron chi connectivity index (χ2n) is 16.2. The van der Waals surface area contributed by atoms with Gasteiger partial charge in [-0.25, -0.2) is 19.6 Å². The molecule has 7 rings (SSSR count). The molecule has 6 N–H and O–H groups in total. The van der Waals surface area contributed by atoms with Gasteiger partial charge in [-0.05, 0) is 98.6 Å². The Labute approximate surface area is 333 Å². The van der Waals surface area contributed by atoms with Gasteiger partial charge in [-0.2, -0.15) is 0 Å². The van der Waals surface area contributed by atoms with Crippen LogP contribution in [0.3, 0.4) is 0 Å². The van der Waals surface area contributed by atoms with E-state index in [1.807, 2.05) is 49.4 Å². The highest BCUT2D eigenvalue weighted by atomic mass is 16.5. The lowest BCUT2D eigenvalue weighted by Crippen LogP contribution is -2.48. The van der Waals surface area contributed by atoms with Crippen LogP contribution in [-0.2, 0) is 14.3 Å². The smallest absolute Gasteiger partial charge is 0.407 e. The summed E-state index contributed by atoms with van der Waals surface area (Å²) in [5.74, 6) is 8.40. The Bertz CT molecular complexity index is 2180. The van der Waals surface area contributed by atoms with Crippen molar-refractivity contribution >= 4 is 35.0 Å². The van der Waals surface area contributed by atoms with E-state index in [4.69, 9.17) is 15.5 Å². The third kappa shape index (κ3) is 8.93. The van der Waals surface area contributed by atoms with E-state index in [2.05, 4.69) is 56.2 Å². The van der Waals surface area contributed by atoms with Crippen molar-refractivity contribution in [2.75, 3.05) is 26.7 Å². The minimum absolute atomic E-state index is 0.0286. The second kappa shape index (κ2) is 16.7. The number of nitrogens with two attached hydrogens (primary N) is 1. The Morgan fingerprint density at radius 2 is 1.72 bits per heavy atom. The van der Waals surface area contributed by atoms with Crippen LogP contribution in [0.25, 0.3) is 22.3 Å². The van der Waals surface area contributed by atoms with E-state index in [9.17, 15) is 19.2 Å². The number of amides is 5. The predicted molar refractivity (Wildman–Crippen MR) is 215 cm³/mol. The van der Waals surface area contributed by atoms with Gasteiger partial charge in [-0.15, -0.1) is 0 Å². The molecule has 0 radical (unpaired) electrons. The molecule has 1 saturated carbocycles. The van der Waals surface area contributed by atoms with Crippen molar-refractivity contribution in [2.24, 2.45) is 23.0 Å². The molecule has 3 fully saturated rings. The molecule has 3 aliphatic rings. The average Bonchev–Trinajstić information content (AvgIpc) is 3.69. The Morgan fingerprint density at radius 3 is 2.44 bits per heavy atom. The number of hydrogen-bond donors (Lipinski definition) is 5. The number of likely N-dealkylation sites (tertiary alicyclic amines) is 2. The molecular weight excluding hydrogens is 723 g/mol. The first-order valence-corrected chi connectivity index (χ1v) is 20.1. The van der Waals surface area contributed by atoms with Crippen LogP contribution in [0.15, 0.2) is 48.7 Å². The van der Waals surface area contributed by atoms with Gasteiger partial charge >= 0.3 is 12.1 Å². The number of urea groups is 1. The normalized spacial score (nSPS) is 19.3. The number of ether oxygens (including phenoxy) is 1. The second-order valence-corrected chi connectivity index (χ2v) is 16.2. The topological polar surface area (TPSA) is 191 Å². The Balaban J connectivity index is 0.998.